The molecule has 4 heteroatoms. The van der Waals surface area contributed by atoms with Gasteiger partial charge >= 0.3 is 0 Å². The van der Waals surface area contributed by atoms with Crippen LogP contribution in [0, 0.1) is 0 Å². The van der Waals surface area contributed by atoms with Gasteiger partial charge in [-0.2, -0.15) is 0 Å². The first-order valence-corrected chi connectivity index (χ1v) is 5.86. The van der Waals surface area contributed by atoms with E-state index in [1.807, 2.05) is 6.07 Å². The Morgan fingerprint density at radius 2 is 2.47 bits per heavy atom. The van der Waals surface area contributed by atoms with Gasteiger partial charge in [-0.3, -0.25) is 0 Å². The molecule has 0 saturated heterocycles. The van der Waals surface area contributed by atoms with Gasteiger partial charge in [0.25, 0.3) is 0 Å². The molecule has 0 saturated carbocycles. The maximum absolute atomic E-state index is 9.79. The van der Waals surface area contributed by atoms with Crippen molar-refractivity contribution in [1.82, 2.24) is 4.98 Å². The number of thiazole rings is 1. The Hall–Kier alpha value is -1.13. The van der Waals surface area contributed by atoms with Crippen molar-refractivity contribution in [2.75, 3.05) is 0 Å². The van der Waals surface area contributed by atoms with Crippen LogP contribution in [0.3, 0.4) is 0 Å². The molecule has 0 radical (unpaired) electrons. The fourth-order valence-corrected chi connectivity index (χ4v) is 3.05. The van der Waals surface area contributed by atoms with Crippen LogP contribution in [-0.2, 0) is 6.42 Å². The summed E-state index contributed by atoms with van der Waals surface area (Å²) in [5.41, 5.74) is 1.88. The average molecular weight is 221 g/mol. The summed E-state index contributed by atoms with van der Waals surface area (Å²) in [7, 11) is 0. The Kier molecular flexibility index (Phi) is 2.11. The number of aryl methyl sites for hydroxylation is 1. The van der Waals surface area contributed by atoms with Gasteiger partial charge in [-0.1, -0.05) is 0 Å². The van der Waals surface area contributed by atoms with Crippen LogP contribution in [0.4, 0.5) is 0 Å². The van der Waals surface area contributed by atoms with Crippen molar-refractivity contribution in [3.05, 3.63) is 29.2 Å². The van der Waals surface area contributed by atoms with Crippen molar-refractivity contribution in [3.63, 3.8) is 0 Å². The van der Waals surface area contributed by atoms with Gasteiger partial charge in [-0.25, -0.2) is 4.98 Å². The van der Waals surface area contributed by atoms with Gasteiger partial charge in [0.2, 0.25) is 0 Å². The molecule has 2 aromatic rings. The number of aromatic nitrogens is 1. The molecule has 0 fully saturated rings. The normalized spacial score (nSPS) is 20.2. The highest BCUT2D eigenvalue weighted by molar-refractivity contribution is 7.15. The highest BCUT2D eigenvalue weighted by Gasteiger charge is 2.23. The van der Waals surface area contributed by atoms with E-state index < -0.39 is 0 Å². The third kappa shape index (κ3) is 1.50. The van der Waals surface area contributed by atoms with Crippen LogP contribution in [-0.4, -0.2) is 10.1 Å². The lowest BCUT2D eigenvalue weighted by Crippen LogP contribution is -2.07. The fourth-order valence-electron chi connectivity index (χ4n) is 1.91. The number of fused-ring (bicyclic) bond motifs is 1. The molecule has 15 heavy (non-hydrogen) atoms. The maximum atomic E-state index is 9.79. The molecular formula is C11H11NO2S. The zero-order chi connectivity index (χ0) is 10.3. The predicted molar refractivity (Wildman–Crippen MR) is 57.7 cm³/mol. The molecule has 0 aromatic carbocycles. The second kappa shape index (κ2) is 3.47. The summed E-state index contributed by atoms with van der Waals surface area (Å²) in [6.45, 7) is 0. The van der Waals surface area contributed by atoms with E-state index in [1.54, 1.807) is 23.9 Å². The van der Waals surface area contributed by atoms with Gasteiger partial charge in [0.05, 0.1) is 18.1 Å². The van der Waals surface area contributed by atoms with Crippen molar-refractivity contribution >= 4 is 11.3 Å². The number of hydrogen-bond donors (Lipinski definition) is 1. The number of furan rings is 1. The van der Waals surface area contributed by atoms with Crippen LogP contribution in [0.2, 0.25) is 0 Å². The highest BCUT2D eigenvalue weighted by atomic mass is 32.1. The molecular weight excluding hydrogens is 210 g/mol. The van der Waals surface area contributed by atoms with Crippen molar-refractivity contribution in [1.29, 1.82) is 0 Å². The Labute approximate surface area is 91.4 Å². The first kappa shape index (κ1) is 9.12. The van der Waals surface area contributed by atoms with Gasteiger partial charge in [0.15, 0.2) is 0 Å². The summed E-state index contributed by atoms with van der Waals surface area (Å²) in [5.74, 6) is 0. The summed E-state index contributed by atoms with van der Waals surface area (Å²) >= 11 is 1.67. The van der Waals surface area contributed by atoms with E-state index >= 15 is 0 Å². The molecule has 0 aliphatic heterocycles. The molecule has 3 nitrogen and oxygen atoms in total. The largest absolute Gasteiger partial charge is 0.472 e. The van der Waals surface area contributed by atoms with E-state index in [4.69, 9.17) is 4.42 Å². The molecule has 1 N–H and O–H groups in total. The SMILES string of the molecule is OC1CCCc2sc(-c3ccoc3)nc21. The Morgan fingerprint density at radius 1 is 1.53 bits per heavy atom. The Bertz CT molecular complexity index is 461. The second-order valence-electron chi connectivity index (χ2n) is 3.75. The van der Waals surface area contributed by atoms with E-state index in [2.05, 4.69) is 4.98 Å². The minimum Gasteiger partial charge on any atom is -0.472 e. The topological polar surface area (TPSA) is 46.3 Å². The van der Waals surface area contributed by atoms with Gasteiger partial charge in [0.1, 0.15) is 11.3 Å². The van der Waals surface area contributed by atoms with Gasteiger partial charge in [-0.15, -0.1) is 11.3 Å². The van der Waals surface area contributed by atoms with Gasteiger partial charge in [-0.05, 0) is 25.3 Å². The smallest absolute Gasteiger partial charge is 0.127 e. The van der Waals surface area contributed by atoms with Crippen molar-refractivity contribution in [2.45, 2.75) is 25.4 Å². The van der Waals surface area contributed by atoms with Crippen LogP contribution in [0.5, 0.6) is 0 Å². The third-order valence-electron chi connectivity index (χ3n) is 2.69. The highest BCUT2D eigenvalue weighted by Crippen LogP contribution is 2.36. The van der Waals surface area contributed by atoms with Crippen LogP contribution in [0.1, 0.15) is 29.5 Å². The summed E-state index contributed by atoms with van der Waals surface area (Å²) in [4.78, 5) is 5.71. The minimum atomic E-state index is -0.370. The molecule has 2 heterocycles. The number of nitrogens with zero attached hydrogens (tertiary/aromatic N) is 1. The summed E-state index contributed by atoms with van der Waals surface area (Å²) in [5, 5.41) is 10.7. The molecule has 3 rings (SSSR count). The van der Waals surface area contributed by atoms with Crippen LogP contribution < -0.4 is 0 Å². The van der Waals surface area contributed by atoms with Crippen LogP contribution in [0.25, 0.3) is 10.6 Å². The molecule has 78 valence electrons. The molecule has 2 aromatic heterocycles. The third-order valence-corrected chi connectivity index (χ3v) is 3.87. The van der Waals surface area contributed by atoms with Crippen molar-refractivity contribution in [3.8, 4) is 10.6 Å². The summed E-state index contributed by atoms with van der Waals surface area (Å²) in [6, 6.07) is 1.90. The van der Waals surface area contributed by atoms with Crippen molar-refractivity contribution in [2.24, 2.45) is 0 Å². The van der Waals surface area contributed by atoms with E-state index in [9.17, 15) is 5.11 Å². The first-order valence-electron chi connectivity index (χ1n) is 5.05. The minimum absolute atomic E-state index is 0.370. The molecule has 0 spiro atoms. The Morgan fingerprint density at radius 3 is 3.20 bits per heavy atom. The molecule has 1 unspecified atom stereocenters. The zero-order valence-corrected chi connectivity index (χ0v) is 8.96. The molecule has 0 bridgehead atoms. The number of rotatable bonds is 1. The fraction of sp³-hybridized carbons (Fsp3) is 0.364. The molecule has 1 aliphatic carbocycles. The van der Waals surface area contributed by atoms with Crippen LogP contribution >= 0.6 is 11.3 Å². The van der Waals surface area contributed by atoms with E-state index in [0.717, 1.165) is 35.5 Å². The molecule has 0 amide bonds. The Balaban J connectivity index is 2.06. The number of hydrogen-bond acceptors (Lipinski definition) is 4. The standard InChI is InChI=1S/C11H11NO2S/c13-8-2-1-3-9-10(8)12-11(15-9)7-4-5-14-6-7/h4-6,8,13H,1-3H2. The second-order valence-corrected chi connectivity index (χ2v) is 4.83. The zero-order valence-electron chi connectivity index (χ0n) is 8.14. The molecule has 1 atom stereocenters. The number of aliphatic hydroxyl groups excluding tert-OH is 1. The van der Waals surface area contributed by atoms with E-state index in [-0.39, 0.29) is 6.10 Å². The number of aliphatic hydroxyl groups is 1. The van der Waals surface area contributed by atoms with Gasteiger partial charge < -0.3 is 9.52 Å². The summed E-state index contributed by atoms with van der Waals surface area (Å²) in [6.07, 6.45) is 5.90. The van der Waals surface area contributed by atoms with Crippen molar-refractivity contribution < 1.29 is 9.52 Å². The lowest BCUT2D eigenvalue weighted by atomic mass is 10.0. The average Bonchev–Trinajstić information content (AvgIpc) is 2.86. The van der Waals surface area contributed by atoms with Crippen LogP contribution in [0.15, 0.2) is 23.0 Å². The maximum Gasteiger partial charge on any atom is 0.127 e. The monoisotopic (exact) mass is 221 g/mol. The molecule has 1 aliphatic rings. The van der Waals surface area contributed by atoms with E-state index in [1.165, 1.54) is 4.88 Å². The first-order chi connectivity index (χ1) is 7.34. The van der Waals surface area contributed by atoms with E-state index in [0.29, 0.717) is 0 Å². The quantitative estimate of drug-likeness (QED) is 0.805. The summed E-state index contributed by atoms with van der Waals surface area (Å²) < 4.78 is 5.03. The lowest BCUT2D eigenvalue weighted by Gasteiger charge is -2.14. The predicted octanol–water partition coefficient (Wildman–Crippen LogP) is 2.77. The lowest BCUT2D eigenvalue weighted by molar-refractivity contribution is 0.153. The van der Waals surface area contributed by atoms with Gasteiger partial charge in [0, 0.05) is 10.4 Å².